The van der Waals surface area contributed by atoms with Gasteiger partial charge in [-0.3, -0.25) is 4.90 Å². The summed E-state index contributed by atoms with van der Waals surface area (Å²) in [5, 5.41) is 18.0. The minimum Gasteiger partial charge on any atom is -0.395 e. The minimum absolute atomic E-state index is 0.144. The maximum Gasteiger partial charge on any atom is 0.0669 e. The summed E-state index contributed by atoms with van der Waals surface area (Å²) in [5.41, 5.74) is 3.45. The van der Waals surface area contributed by atoms with E-state index in [1.54, 1.807) is 0 Å². The van der Waals surface area contributed by atoms with Crippen molar-refractivity contribution < 1.29 is 5.11 Å². The summed E-state index contributed by atoms with van der Waals surface area (Å²) < 4.78 is 0. The van der Waals surface area contributed by atoms with Crippen LogP contribution in [0.15, 0.2) is 54.6 Å². The monoisotopic (exact) mass is 280 g/mol. The van der Waals surface area contributed by atoms with E-state index in [9.17, 15) is 5.11 Å². The Morgan fingerprint density at radius 1 is 0.905 bits per heavy atom. The SMILES string of the molecule is N#CCc1cccc(CN(CCO)Cc2ccccc2)c1. The van der Waals surface area contributed by atoms with E-state index in [0.29, 0.717) is 13.0 Å². The second-order valence-corrected chi connectivity index (χ2v) is 5.07. The van der Waals surface area contributed by atoms with E-state index in [1.807, 2.05) is 30.3 Å². The molecule has 0 aliphatic carbocycles. The molecule has 0 aliphatic heterocycles. The van der Waals surface area contributed by atoms with Gasteiger partial charge in [0.05, 0.1) is 19.1 Å². The van der Waals surface area contributed by atoms with Gasteiger partial charge in [-0.1, -0.05) is 54.6 Å². The Bertz CT molecular complexity index is 590. The summed E-state index contributed by atoms with van der Waals surface area (Å²) in [6.07, 6.45) is 0.437. The highest BCUT2D eigenvalue weighted by atomic mass is 16.3. The van der Waals surface area contributed by atoms with Gasteiger partial charge in [-0.15, -0.1) is 0 Å². The molecule has 1 N–H and O–H groups in total. The number of rotatable bonds is 7. The van der Waals surface area contributed by atoms with Gasteiger partial charge >= 0.3 is 0 Å². The molecule has 0 atom stereocenters. The highest BCUT2D eigenvalue weighted by Gasteiger charge is 2.07. The molecule has 0 saturated heterocycles. The number of benzene rings is 2. The molecule has 2 rings (SSSR count). The van der Waals surface area contributed by atoms with Gasteiger partial charge in [-0.05, 0) is 16.7 Å². The van der Waals surface area contributed by atoms with Crippen molar-refractivity contribution in [3.8, 4) is 6.07 Å². The molecule has 2 aromatic carbocycles. The van der Waals surface area contributed by atoms with Crippen LogP contribution < -0.4 is 0 Å². The smallest absolute Gasteiger partial charge is 0.0669 e. The van der Waals surface area contributed by atoms with Crippen molar-refractivity contribution in [1.29, 1.82) is 5.26 Å². The zero-order valence-corrected chi connectivity index (χ0v) is 12.1. The Morgan fingerprint density at radius 3 is 2.29 bits per heavy atom. The molecule has 0 heterocycles. The van der Waals surface area contributed by atoms with E-state index in [1.165, 1.54) is 11.1 Å². The molecule has 0 aliphatic rings. The lowest BCUT2D eigenvalue weighted by molar-refractivity contribution is 0.184. The minimum atomic E-state index is 0.144. The Balaban J connectivity index is 2.05. The first-order valence-electron chi connectivity index (χ1n) is 7.13. The van der Waals surface area contributed by atoms with E-state index in [-0.39, 0.29) is 6.61 Å². The maximum absolute atomic E-state index is 9.25. The lowest BCUT2D eigenvalue weighted by atomic mass is 10.1. The van der Waals surface area contributed by atoms with Crippen LogP contribution in [-0.4, -0.2) is 23.2 Å². The van der Waals surface area contributed by atoms with Gasteiger partial charge in [0.25, 0.3) is 0 Å². The molecule has 0 radical (unpaired) electrons. The summed E-state index contributed by atoms with van der Waals surface area (Å²) in [4.78, 5) is 2.21. The highest BCUT2D eigenvalue weighted by Crippen LogP contribution is 2.12. The Kier molecular flexibility index (Phi) is 5.96. The van der Waals surface area contributed by atoms with Crippen molar-refractivity contribution in [1.82, 2.24) is 4.90 Å². The van der Waals surface area contributed by atoms with Gasteiger partial charge in [-0.25, -0.2) is 0 Å². The van der Waals surface area contributed by atoms with Crippen LogP contribution >= 0.6 is 0 Å². The zero-order valence-electron chi connectivity index (χ0n) is 12.1. The molecule has 108 valence electrons. The molecule has 0 amide bonds. The number of nitriles is 1. The molecule has 3 heteroatoms. The predicted octanol–water partition coefficient (Wildman–Crippen LogP) is 2.75. The third-order valence-electron chi connectivity index (χ3n) is 3.35. The average Bonchev–Trinajstić information content (AvgIpc) is 2.49. The first-order valence-corrected chi connectivity index (χ1v) is 7.13. The molecule has 0 saturated carbocycles. The van der Waals surface area contributed by atoms with E-state index in [4.69, 9.17) is 5.26 Å². The highest BCUT2D eigenvalue weighted by molar-refractivity contribution is 5.25. The van der Waals surface area contributed by atoms with Crippen molar-refractivity contribution in [2.45, 2.75) is 19.5 Å². The zero-order chi connectivity index (χ0) is 14.9. The predicted molar refractivity (Wildman–Crippen MR) is 83.4 cm³/mol. The number of hydrogen-bond donors (Lipinski definition) is 1. The molecule has 0 spiro atoms. The Morgan fingerprint density at radius 2 is 1.57 bits per heavy atom. The second-order valence-electron chi connectivity index (χ2n) is 5.07. The summed E-state index contributed by atoms with van der Waals surface area (Å²) in [7, 11) is 0. The fourth-order valence-electron chi connectivity index (χ4n) is 2.38. The van der Waals surface area contributed by atoms with Gasteiger partial charge in [-0.2, -0.15) is 5.26 Å². The molecule has 2 aromatic rings. The number of aliphatic hydroxyl groups excluding tert-OH is 1. The van der Waals surface area contributed by atoms with Crippen LogP contribution in [0.3, 0.4) is 0 Å². The number of hydrogen-bond acceptors (Lipinski definition) is 3. The molecule has 21 heavy (non-hydrogen) atoms. The van der Waals surface area contributed by atoms with Gasteiger partial charge in [0, 0.05) is 19.6 Å². The van der Waals surface area contributed by atoms with Gasteiger partial charge in [0.15, 0.2) is 0 Å². The lowest BCUT2D eigenvalue weighted by Gasteiger charge is -2.21. The molecule has 3 nitrogen and oxygen atoms in total. The third-order valence-corrected chi connectivity index (χ3v) is 3.35. The van der Waals surface area contributed by atoms with Crippen LogP contribution in [0.25, 0.3) is 0 Å². The third kappa shape index (κ3) is 5.03. The number of nitrogens with zero attached hydrogens (tertiary/aromatic N) is 2. The molecule has 0 bridgehead atoms. The summed E-state index contributed by atoms with van der Waals surface area (Å²) in [6, 6.07) is 20.5. The van der Waals surface area contributed by atoms with E-state index in [0.717, 1.165) is 18.7 Å². The summed E-state index contributed by atoms with van der Waals surface area (Å²) >= 11 is 0. The van der Waals surface area contributed by atoms with Crippen molar-refractivity contribution in [2.24, 2.45) is 0 Å². The van der Waals surface area contributed by atoms with Crippen LogP contribution in [0.4, 0.5) is 0 Å². The molecular weight excluding hydrogens is 260 g/mol. The van der Waals surface area contributed by atoms with Gasteiger partial charge in [0.1, 0.15) is 0 Å². The Labute approximate surface area is 126 Å². The summed E-state index contributed by atoms with van der Waals surface area (Å²) in [6.45, 7) is 2.36. The van der Waals surface area contributed by atoms with Crippen molar-refractivity contribution >= 4 is 0 Å². The lowest BCUT2D eigenvalue weighted by Crippen LogP contribution is -2.26. The standard InChI is InChI=1S/C18H20N2O/c19-10-9-16-7-4-8-18(13-16)15-20(11-12-21)14-17-5-2-1-3-6-17/h1-8,13,21H,9,11-12,14-15H2. The first kappa shape index (κ1) is 15.2. The van der Waals surface area contributed by atoms with Crippen molar-refractivity contribution in [3.05, 3.63) is 71.3 Å². The molecular formula is C18H20N2O. The Hall–Kier alpha value is -2.15. The van der Waals surface area contributed by atoms with Crippen LogP contribution in [0.5, 0.6) is 0 Å². The maximum atomic E-state index is 9.25. The van der Waals surface area contributed by atoms with E-state index < -0.39 is 0 Å². The quantitative estimate of drug-likeness (QED) is 0.848. The van der Waals surface area contributed by atoms with Crippen LogP contribution in [0.1, 0.15) is 16.7 Å². The molecule has 0 aromatic heterocycles. The van der Waals surface area contributed by atoms with Gasteiger partial charge < -0.3 is 5.11 Å². The fourth-order valence-corrected chi connectivity index (χ4v) is 2.38. The second kappa shape index (κ2) is 8.21. The normalized spacial score (nSPS) is 10.5. The first-order chi connectivity index (χ1) is 10.3. The van der Waals surface area contributed by atoms with Crippen molar-refractivity contribution in [2.75, 3.05) is 13.2 Å². The van der Waals surface area contributed by atoms with Crippen LogP contribution in [0, 0.1) is 11.3 Å². The van der Waals surface area contributed by atoms with E-state index >= 15 is 0 Å². The number of aliphatic hydroxyl groups is 1. The van der Waals surface area contributed by atoms with E-state index in [2.05, 4.69) is 35.2 Å². The fraction of sp³-hybridized carbons (Fsp3) is 0.278. The van der Waals surface area contributed by atoms with Gasteiger partial charge in [0.2, 0.25) is 0 Å². The molecule has 0 fully saturated rings. The largest absolute Gasteiger partial charge is 0.395 e. The molecule has 0 unspecified atom stereocenters. The average molecular weight is 280 g/mol. The van der Waals surface area contributed by atoms with Crippen LogP contribution in [-0.2, 0) is 19.5 Å². The van der Waals surface area contributed by atoms with Crippen LogP contribution in [0.2, 0.25) is 0 Å². The summed E-state index contributed by atoms with van der Waals surface area (Å²) in [5.74, 6) is 0. The topological polar surface area (TPSA) is 47.3 Å². The van der Waals surface area contributed by atoms with Crippen molar-refractivity contribution in [3.63, 3.8) is 0 Å².